The second-order valence-electron chi connectivity index (χ2n) is 4.63. The van der Waals surface area contributed by atoms with Crippen LogP contribution >= 0.6 is 15.9 Å². The van der Waals surface area contributed by atoms with Gasteiger partial charge in [0.25, 0.3) is 5.91 Å². The van der Waals surface area contributed by atoms with Gasteiger partial charge in [0.05, 0.1) is 6.21 Å². The van der Waals surface area contributed by atoms with Crippen LogP contribution < -0.4 is 10.1 Å². The molecule has 2 aromatic rings. The number of ether oxygens (including phenoxy) is 1. The van der Waals surface area contributed by atoms with Crippen molar-refractivity contribution >= 4 is 33.7 Å². The first-order valence-corrected chi connectivity index (χ1v) is 7.34. The van der Waals surface area contributed by atoms with Crippen LogP contribution in [0.3, 0.4) is 0 Å². The summed E-state index contributed by atoms with van der Waals surface area (Å²) in [6.45, 7) is 1.84. The van der Waals surface area contributed by atoms with Crippen molar-refractivity contribution in [2.75, 3.05) is 11.9 Å². The summed E-state index contributed by atoms with van der Waals surface area (Å²) in [7, 11) is 0. The zero-order valence-electron chi connectivity index (χ0n) is 11.9. The minimum atomic E-state index is -0.265. The van der Waals surface area contributed by atoms with Crippen LogP contribution in [0.5, 0.6) is 5.75 Å². The van der Waals surface area contributed by atoms with Crippen LogP contribution in [-0.4, -0.2) is 23.9 Å². The van der Waals surface area contributed by atoms with Gasteiger partial charge in [0.15, 0.2) is 6.61 Å². The Balaban J connectivity index is 1.97. The highest BCUT2D eigenvalue weighted by atomic mass is 79.9. The number of nitrogens with zero attached hydrogens (tertiary/aromatic N) is 1. The summed E-state index contributed by atoms with van der Waals surface area (Å²) in [6.07, 6.45) is 1.25. The van der Waals surface area contributed by atoms with E-state index in [1.54, 1.807) is 18.2 Å². The highest BCUT2D eigenvalue weighted by Gasteiger charge is 2.07. The van der Waals surface area contributed by atoms with E-state index >= 15 is 0 Å². The standard InChI is InChI=1S/C16H15BrN2O3/c1-11-2-5-14(6-3-11)19-16(20)10-22-15-7-4-13(17)8-12(15)9-18-21/h2-9,21H,10H2,1H3,(H,19,20)/b18-9+. The number of aryl methyl sites for hydroxylation is 1. The lowest BCUT2D eigenvalue weighted by Crippen LogP contribution is -2.20. The number of carbonyl (C=O) groups is 1. The van der Waals surface area contributed by atoms with E-state index < -0.39 is 0 Å². The fourth-order valence-electron chi connectivity index (χ4n) is 1.79. The molecule has 0 bridgehead atoms. The Morgan fingerprint density at radius 2 is 2.05 bits per heavy atom. The SMILES string of the molecule is Cc1ccc(NC(=O)COc2ccc(Br)cc2/C=N/O)cc1. The van der Waals surface area contributed by atoms with Gasteiger partial charge in [-0.25, -0.2) is 0 Å². The summed E-state index contributed by atoms with van der Waals surface area (Å²) in [5.41, 5.74) is 2.41. The topological polar surface area (TPSA) is 70.9 Å². The van der Waals surface area contributed by atoms with Gasteiger partial charge in [0.2, 0.25) is 0 Å². The molecule has 5 nitrogen and oxygen atoms in total. The van der Waals surface area contributed by atoms with Crippen LogP contribution in [0.4, 0.5) is 5.69 Å². The average Bonchev–Trinajstić information content (AvgIpc) is 2.49. The molecular formula is C16H15BrN2O3. The molecule has 0 aliphatic carbocycles. The van der Waals surface area contributed by atoms with Crippen molar-refractivity contribution in [3.63, 3.8) is 0 Å². The minimum absolute atomic E-state index is 0.137. The normalized spacial score (nSPS) is 10.6. The van der Waals surface area contributed by atoms with E-state index in [0.29, 0.717) is 17.0 Å². The molecular weight excluding hydrogens is 348 g/mol. The summed E-state index contributed by atoms with van der Waals surface area (Å²) in [6, 6.07) is 12.7. The van der Waals surface area contributed by atoms with E-state index in [0.717, 1.165) is 10.0 Å². The fourth-order valence-corrected chi connectivity index (χ4v) is 2.17. The highest BCUT2D eigenvalue weighted by molar-refractivity contribution is 9.10. The van der Waals surface area contributed by atoms with Crippen LogP contribution in [0.25, 0.3) is 0 Å². The number of amides is 1. The molecule has 6 heteroatoms. The summed E-state index contributed by atoms with van der Waals surface area (Å²) >= 11 is 3.32. The maximum absolute atomic E-state index is 11.9. The highest BCUT2D eigenvalue weighted by Crippen LogP contribution is 2.22. The van der Waals surface area contributed by atoms with Gasteiger partial charge < -0.3 is 15.3 Å². The molecule has 0 saturated carbocycles. The minimum Gasteiger partial charge on any atom is -0.483 e. The maximum atomic E-state index is 11.9. The molecule has 0 spiro atoms. The van der Waals surface area contributed by atoms with Gasteiger partial charge in [0.1, 0.15) is 5.75 Å². The number of hydrogen-bond donors (Lipinski definition) is 2. The Hall–Kier alpha value is -2.34. The van der Waals surface area contributed by atoms with Crippen LogP contribution in [0, 0.1) is 6.92 Å². The third-order valence-electron chi connectivity index (χ3n) is 2.86. The molecule has 114 valence electrons. The lowest BCUT2D eigenvalue weighted by atomic mass is 10.2. The van der Waals surface area contributed by atoms with Crippen molar-refractivity contribution in [1.29, 1.82) is 0 Å². The van der Waals surface area contributed by atoms with Crippen molar-refractivity contribution < 1.29 is 14.7 Å². The molecule has 0 fully saturated rings. The Kier molecular flexibility index (Phi) is 5.55. The van der Waals surface area contributed by atoms with Crippen molar-refractivity contribution in [3.05, 3.63) is 58.1 Å². The van der Waals surface area contributed by atoms with Gasteiger partial charge in [-0.15, -0.1) is 0 Å². The number of rotatable bonds is 5. The van der Waals surface area contributed by atoms with Gasteiger partial charge in [-0.2, -0.15) is 0 Å². The third kappa shape index (κ3) is 4.60. The van der Waals surface area contributed by atoms with Crippen molar-refractivity contribution in [1.82, 2.24) is 0 Å². The number of oxime groups is 1. The smallest absolute Gasteiger partial charge is 0.262 e. The zero-order valence-corrected chi connectivity index (χ0v) is 13.5. The van der Waals surface area contributed by atoms with E-state index in [2.05, 4.69) is 26.4 Å². The molecule has 2 rings (SSSR count). The molecule has 1 amide bonds. The second kappa shape index (κ2) is 7.61. The third-order valence-corrected chi connectivity index (χ3v) is 3.36. The molecule has 22 heavy (non-hydrogen) atoms. The fraction of sp³-hybridized carbons (Fsp3) is 0.125. The zero-order chi connectivity index (χ0) is 15.9. The Morgan fingerprint density at radius 1 is 1.32 bits per heavy atom. The van der Waals surface area contributed by atoms with Crippen LogP contribution in [0.15, 0.2) is 52.1 Å². The van der Waals surface area contributed by atoms with Gasteiger partial charge in [-0.3, -0.25) is 4.79 Å². The number of nitrogens with one attached hydrogen (secondary N) is 1. The molecule has 0 radical (unpaired) electrons. The van der Waals surface area contributed by atoms with Crippen LogP contribution in [0.2, 0.25) is 0 Å². The van der Waals surface area contributed by atoms with Gasteiger partial charge >= 0.3 is 0 Å². The van der Waals surface area contributed by atoms with Gasteiger partial charge in [-0.1, -0.05) is 38.8 Å². The lowest BCUT2D eigenvalue weighted by Gasteiger charge is -2.10. The predicted molar refractivity (Wildman–Crippen MR) is 88.8 cm³/mol. The van der Waals surface area contributed by atoms with Gasteiger partial charge in [0, 0.05) is 15.7 Å². The molecule has 0 atom stereocenters. The first-order valence-electron chi connectivity index (χ1n) is 6.55. The predicted octanol–water partition coefficient (Wildman–Crippen LogP) is 3.58. The Labute approximate surface area is 136 Å². The Bertz CT molecular complexity index is 684. The quantitative estimate of drug-likeness (QED) is 0.485. The first-order chi connectivity index (χ1) is 10.6. The number of hydrogen-bond acceptors (Lipinski definition) is 4. The van der Waals surface area contributed by atoms with E-state index in [1.165, 1.54) is 6.21 Å². The second-order valence-corrected chi connectivity index (χ2v) is 5.55. The number of halogens is 1. The summed E-state index contributed by atoms with van der Waals surface area (Å²) in [5, 5.41) is 14.4. The lowest BCUT2D eigenvalue weighted by molar-refractivity contribution is -0.118. The molecule has 0 aromatic heterocycles. The molecule has 2 aromatic carbocycles. The Morgan fingerprint density at radius 3 is 2.73 bits per heavy atom. The van der Waals surface area contributed by atoms with Crippen LogP contribution in [-0.2, 0) is 4.79 Å². The van der Waals surface area contributed by atoms with E-state index in [-0.39, 0.29) is 12.5 Å². The molecule has 2 N–H and O–H groups in total. The van der Waals surface area contributed by atoms with Crippen molar-refractivity contribution in [2.24, 2.45) is 5.16 Å². The van der Waals surface area contributed by atoms with E-state index in [9.17, 15) is 4.79 Å². The summed E-state index contributed by atoms with van der Waals surface area (Å²) in [5.74, 6) is 0.193. The first kappa shape index (κ1) is 16.0. The largest absolute Gasteiger partial charge is 0.483 e. The van der Waals surface area contributed by atoms with E-state index in [1.807, 2.05) is 31.2 Å². The molecule has 0 aliphatic heterocycles. The van der Waals surface area contributed by atoms with Crippen molar-refractivity contribution in [3.8, 4) is 5.75 Å². The van der Waals surface area contributed by atoms with Crippen LogP contribution in [0.1, 0.15) is 11.1 Å². The number of carbonyl (C=O) groups excluding carboxylic acids is 1. The molecule has 0 aliphatic rings. The maximum Gasteiger partial charge on any atom is 0.262 e. The molecule has 0 heterocycles. The summed E-state index contributed by atoms with van der Waals surface area (Å²) < 4.78 is 6.29. The summed E-state index contributed by atoms with van der Waals surface area (Å²) in [4.78, 5) is 11.9. The average molecular weight is 363 g/mol. The molecule has 0 unspecified atom stereocenters. The monoisotopic (exact) mass is 362 g/mol. The van der Waals surface area contributed by atoms with E-state index in [4.69, 9.17) is 9.94 Å². The number of benzene rings is 2. The van der Waals surface area contributed by atoms with Crippen molar-refractivity contribution in [2.45, 2.75) is 6.92 Å². The number of anilines is 1. The molecule has 0 saturated heterocycles. The van der Waals surface area contributed by atoms with Gasteiger partial charge in [-0.05, 0) is 37.3 Å².